The van der Waals surface area contributed by atoms with Gasteiger partial charge in [-0.2, -0.15) is 0 Å². The molecule has 0 aliphatic carbocycles. The van der Waals surface area contributed by atoms with E-state index in [-0.39, 0.29) is 12.5 Å². The summed E-state index contributed by atoms with van der Waals surface area (Å²) in [5.41, 5.74) is 1.62. The molecule has 0 saturated carbocycles. The molecule has 0 fully saturated rings. The number of anilines is 1. The predicted molar refractivity (Wildman–Crippen MR) is 78.9 cm³/mol. The van der Waals surface area contributed by atoms with Gasteiger partial charge in [-0.05, 0) is 36.5 Å². The maximum absolute atomic E-state index is 12.4. The molecule has 1 aliphatic heterocycles. The third-order valence-electron chi connectivity index (χ3n) is 3.61. The van der Waals surface area contributed by atoms with Crippen molar-refractivity contribution in [2.75, 3.05) is 11.4 Å². The van der Waals surface area contributed by atoms with Crippen LogP contribution in [0.15, 0.2) is 18.2 Å². The molecule has 4 nitrogen and oxygen atoms in total. The lowest BCUT2D eigenvalue weighted by Gasteiger charge is -2.34. The molecule has 0 bridgehead atoms. The van der Waals surface area contributed by atoms with Crippen LogP contribution in [0.3, 0.4) is 0 Å². The van der Waals surface area contributed by atoms with Crippen LogP contribution >= 0.6 is 0 Å². The summed E-state index contributed by atoms with van der Waals surface area (Å²) in [6.07, 6.45) is 1.20. The van der Waals surface area contributed by atoms with Gasteiger partial charge in [0.05, 0.1) is 12.3 Å². The van der Waals surface area contributed by atoms with Crippen molar-refractivity contribution in [3.8, 4) is 5.75 Å². The van der Waals surface area contributed by atoms with E-state index >= 15 is 0 Å². The zero-order valence-corrected chi connectivity index (χ0v) is 12.4. The Morgan fingerprint density at radius 1 is 1.40 bits per heavy atom. The Kier molecular flexibility index (Phi) is 4.65. The molecule has 0 radical (unpaired) electrons. The number of fused-ring (bicyclic) bond motifs is 1. The van der Waals surface area contributed by atoms with Crippen LogP contribution in [0.25, 0.3) is 0 Å². The van der Waals surface area contributed by atoms with Crippen LogP contribution in [-0.4, -0.2) is 23.7 Å². The van der Waals surface area contributed by atoms with Crippen LogP contribution < -0.4 is 9.64 Å². The van der Waals surface area contributed by atoms with E-state index in [2.05, 4.69) is 13.8 Å². The van der Waals surface area contributed by atoms with E-state index in [1.807, 2.05) is 30.0 Å². The first-order chi connectivity index (χ1) is 9.56. The first-order valence-corrected chi connectivity index (χ1v) is 7.28. The molecule has 1 amide bonds. The SMILES string of the molecule is CCC1Oc2cc(CO)ccc2N(CCC(C)C)C1=O. The average molecular weight is 277 g/mol. The smallest absolute Gasteiger partial charge is 0.268 e. The molecule has 2 rings (SSSR count). The van der Waals surface area contributed by atoms with Crippen molar-refractivity contribution in [2.45, 2.75) is 46.3 Å². The van der Waals surface area contributed by atoms with Gasteiger partial charge in [0.2, 0.25) is 0 Å². The Morgan fingerprint density at radius 2 is 2.15 bits per heavy atom. The Hall–Kier alpha value is -1.55. The van der Waals surface area contributed by atoms with Crippen LogP contribution in [0.4, 0.5) is 5.69 Å². The number of nitrogens with zero attached hydrogens (tertiary/aromatic N) is 1. The molecule has 1 aliphatic rings. The molecule has 1 N–H and O–H groups in total. The topological polar surface area (TPSA) is 49.8 Å². The number of aliphatic hydroxyl groups excluding tert-OH is 1. The molecular formula is C16H23NO3. The number of carbonyl (C=O) groups excluding carboxylic acids is 1. The van der Waals surface area contributed by atoms with Crippen molar-refractivity contribution in [1.82, 2.24) is 0 Å². The molecule has 0 spiro atoms. The quantitative estimate of drug-likeness (QED) is 0.900. The highest BCUT2D eigenvalue weighted by atomic mass is 16.5. The van der Waals surface area contributed by atoms with Gasteiger partial charge in [-0.1, -0.05) is 26.8 Å². The Balaban J connectivity index is 2.32. The number of aliphatic hydroxyl groups is 1. The zero-order chi connectivity index (χ0) is 14.7. The molecule has 1 aromatic rings. The van der Waals surface area contributed by atoms with Gasteiger partial charge < -0.3 is 14.7 Å². The second-order valence-electron chi connectivity index (χ2n) is 5.65. The first kappa shape index (κ1) is 14.9. The molecule has 1 heterocycles. The number of hydrogen-bond donors (Lipinski definition) is 1. The van der Waals surface area contributed by atoms with Gasteiger partial charge in [-0.3, -0.25) is 4.79 Å². The van der Waals surface area contributed by atoms with E-state index in [1.54, 1.807) is 0 Å². The summed E-state index contributed by atoms with van der Waals surface area (Å²) in [5.74, 6) is 1.29. The lowest BCUT2D eigenvalue weighted by molar-refractivity contribution is -0.126. The fourth-order valence-corrected chi connectivity index (χ4v) is 2.35. The highest BCUT2D eigenvalue weighted by Crippen LogP contribution is 2.36. The second kappa shape index (κ2) is 6.27. The number of rotatable bonds is 5. The normalized spacial score (nSPS) is 18.1. The number of carbonyl (C=O) groups is 1. The van der Waals surface area contributed by atoms with E-state index in [0.29, 0.717) is 24.6 Å². The van der Waals surface area contributed by atoms with Crippen molar-refractivity contribution >= 4 is 11.6 Å². The van der Waals surface area contributed by atoms with E-state index < -0.39 is 6.10 Å². The first-order valence-electron chi connectivity index (χ1n) is 7.28. The van der Waals surface area contributed by atoms with Gasteiger partial charge in [-0.15, -0.1) is 0 Å². The standard InChI is InChI=1S/C16H23NO3/c1-4-14-16(19)17(8-7-11(2)3)13-6-5-12(10-18)9-15(13)20-14/h5-6,9,11,14,18H,4,7-8,10H2,1-3H3. The molecule has 1 unspecified atom stereocenters. The minimum absolute atomic E-state index is 0.0205. The van der Waals surface area contributed by atoms with E-state index in [9.17, 15) is 9.90 Å². The van der Waals surface area contributed by atoms with Gasteiger partial charge >= 0.3 is 0 Å². The molecule has 110 valence electrons. The van der Waals surface area contributed by atoms with Crippen molar-refractivity contribution < 1.29 is 14.6 Å². The Morgan fingerprint density at radius 3 is 2.75 bits per heavy atom. The van der Waals surface area contributed by atoms with Gasteiger partial charge in [0.25, 0.3) is 5.91 Å². The number of amides is 1. The minimum Gasteiger partial charge on any atom is -0.478 e. The van der Waals surface area contributed by atoms with Crippen molar-refractivity contribution in [3.05, 3.63) is 23.8 Å². The van der Waals surface area contributed by atoms with Gasteiger partial charge in [0.1, 0.15) is 5.75 Å². The van der Waals surface area contributed by atoms with E-state index in [1.165, 1.54) is 0 Å². The fourth-order valence-electron chi connectivity index (χ4n) is 2.35. The van der Waals surface area contributed by atoms with Crippen molar-refractivity contribution in [1.29, 1.82) is 0 Å². The van der Waals surface area contributed by atoms with Gasteiger partial charge in [0, 0.05) is 6.54 Å². The third kappa shape index (κ3) is 2.96. The largest absolute Gasteiger partial charge is 0.478 e. The van der Waals surface area contributed by atoms with Crippen LogP contribution in [0.5, 0.6) is 5.75 Å². The number of hydrogen-bond acceptors (Lipinski definition) is 3. The van der Waals surface area contributed by atoms with Gasteiger partial charge in [-0.25, -0.2) is 0 Å². The molecule has 0 saturated heterocycles. The lowest BCUT2D eigenvalue weighted by Crippen LogP contribution is -2.46. The second-order valence-corrected chi connectivity index (χ2v) is 5.65. The summed E-state index contributed by atoms with van der Waals surface area (Å²) in [5, 5.41) is 9.22. The Labute approximate surface area is 120 Å². The maximum Gasteiger partial charge on any atom is 0.268 e. The highest BCUT2D eigenvalue weighted by Gasteiger charge is 2.33. The number of ether oxygens (including phenoxy) is 1. The summed E-state index contributed by atoms with van der Waals surface area (Å²) in [7, 11) is 0. The van der Waals surface area contributed by atoms with Crippen LogP contribution in [0, 0.1) is 5.92 Å². The number of benzene rings is 1. The van der Waals surface area contributed by atoms with Crippen LogP contribution in [0.1, 0.15) is 39.2 Å². The van der Waals surface area contributed by atoms with Gasteiger partial charge in [0.15, 0.2) is 6.10 Å². The zero-order valence-electron chi connectivity index (χ0n) is 12.4. The molecule has 20 heavy (non-hydrogen) atoms. The molecule has 0 aromatic heterocycles. The summed E-state index contributed by atoms with van der Waals surface area (Å²) in [6.45, 7) is 6.94. The average Bonchev–Trinajstić information content (AvgIpc) is 2.44. The maximum atomic E-state index is 12.4. The summed E-state index contributed by atoms with van der Waals surface area (Å²) in [6, 6.07) is 5.53. The van der Waals surface area contributed by atoms with E-state index in [4.69, 9.17) is 4.74 Å². The predicted octanol–water partition coefficient (Wildman–Crippen LogP) is 2.73. The fraction of sp³-hybridized carbons (Fsp3) is 0.562. The van der Waals surface area contributed by atoms with Crippen LogP contribution in [-0.2, 0) is 11.4 Å². The van der Waals surface area contributed by atoms with Crippen molar-refractivity contribution in [2.24, 2.45) is 5.92 Å². The minimum atomic E-state index is -0.413. The summed E-state index contributed by atoms with van der Waals surface area (Å²) < 4.78 is 5.77. The highest BCUT2D eigenvalue weighted by molar-refractivity contribution is 6.00. The Bertz CT molecular complexity index is 485. The molecular weight excluding hydrogens is 254 g/mol. The van der Waals surface area contributed by atoms with E-state index in [0.717, 1.165) is 17.7 Å². The lowest BCUT2D eigenvalue weighted by atomic mass is 10.1. The summed E-state index contributed by atoms with van der Waals surface area (Å²) >= 11 is 0. The third-order valence-corrected chi connectivity index (χ3v) is 3.61. The molecule has 4 heteroatoms. The molecule has 1 atom stereocenters. The summed E-state index contributed by atoms with van der Waals surface area (Å²) in [4.78, 5) is 14.3. The van der Waals surface area contributed by atoms with Crippen LogP contribution in [0.2, 0.25) is 0 Å². The monoisotopic (exact) mass is 277 g/mol. The molecule has 1 aromatic carbocycles. The van der Waals surface area contributed by atoms with Crippen molar-refractivity contribution in [3.63, 3.8) is 0 Å².